The highest BCUT2D eigenvalue weighted by Gasteiger charge is 2.15. The number of amides is 1. The number of hydrogen-bond donors (Lipinski definition) is 1. The van der Waals surface area contributed by atoms with Crippen LogP contribution in [0.15, 0.2) is 36.4 Å². The van der Waals surface area contributed by atoms with Gasteiger partial charge in [0.25, 0.3) is 0 Å². The number of Topliss-reactive ketones (excluding diaryl/α,β-unsaturated/α-hetero) is 1. The molecule has 126 valence electrons. The van der Waals surface area contributed by atoms with Crippen LogP contribution in [0.5, 0.6) is 5.75 Å². The molecule has 1 N–H and O–H groups in total. The Morgan fingerprint density at radius 3 is 2.50 bits per heavy atom. The molecule has 0 unspecified atom stereocenters. The molecular formula is C18H17F2NO3. The lowest BCUT2D eigenvalue weighted by Crippen LogP contribution is -2.15. The lowest BCUT2D eigenvalue weighted by Gasteiger charge is -2.09. The first-order chi connectivity index (χ1) is 11.4. The minimum absolute atomic E-state index is 0.0472. The molecule has 0 aliphatic carbocycles. The first kappa shape index (κ1) is 17.6. The molecular weight excluding hydrogens is 316 g/mol. The Hall–Kier alpha value is -2.76. The average molecular weight is 333 g/mol. The van der Waals surface area contributed by atoms with Crippen LogP contribution < -0.4 is 10.1 Å². The van der Waals surface area contributed by atoms with Gasteiger partial charge in [0.2, 0.25) is 5.91 Å². The SMILES string of the molecule is COc1ccc(C)cc1C(=O)CCC(=O)Nc1ccc(F)cc1F. The maximum absolute atomic E-state index is 13.5. The molecule has 0 aliphatic rings. The van der Waals surface area contributed by atoms with E-state index in [0.29, 0.717) is 17.4 Å². The quantitative estimate of drug-likeness (QED) is 0.816. The van der Waals surface area contributed by atoms with Crippen LogP contribution >= 0.6 is 0 Å². The Morgan fingerprint density at radius 2 is 1.83 bits per heavy atom. The van der Waals surface area contributed by atoms with Crippen molar-refractivity contribution in [2.24, 2.45) is 0 Å². The maximum Gasteiger partial charge on any atom is 0.224 e. The fourth-order valence-electron chi connectivity index (χ4n) is 2.21. The van der Waals surface area contributed by atoms with Crippen molar-refractivity contribution in [3.05, 3.63) is 59.2 Å². The van der Waals surface area contributed by atoms with Crippen LogP contribution in [0.1, 0.15) is 28.8 Å². The number of ketones is 1. The Balaban J connectivity index is 1.99. The number of aryl methyl sites for hydroxylation is 1. The summed E-state index contributed by atoms with van der Waals surface area (Å²) < 4.78 is 31.4. The zero-order chi connectivity index (χ0) is 17.7. The predicted octanol–water partition coefficient (Wildman–Crippen LogP) is 3.88. The molecule has 2 aromatic carbocycles. The monoisotopic (exact) mass is 333 g/mol. The number of hydrogen-bond acceptors (Lipinski definition) is 3. The van der Waals surface area contributed by atoms with Crippen molar-refractivity contribution in [1.29, 1.82) is 0 Å². The smallest absolute Gasteiger partial charge is 0.224 e. The van der Waals surface area contributed by atoms with Gasteiger partial charge in [-0.15, -0.1) is 0 Å². The standard InChI is InChI=1S/C18H17F2NO3/c1-11-3-7-17(24-2)13(9-11)16(22)6-8-18(23)21-15-5-4-12(19)10-14(15)20/h3-5,7,9-10H,6,8H2,1-2H3,(H,21,23). The second-order valence-electron chi connectivity index (χ2n) is 5.30. The summed E-state index contributed by atoms with van der Waals surface area (Å²) in [6, 6.07) is 8.06. The minimum atomic E-state index is -0.866. The average Bonchev–Trinajstić information content (AvgIpc) is 2.55. The van der Waals surface area contributed by atoms with Crippen molar-refractivity contribution in [1.82, 2.24) is 0 Å². The van der Waals surface area contributed by atoms with Crippen molar-refractivity contribution in [3.63, 3.8) is 0 Å². The number of nitrogens with one attached hydrogen (secondary N) is 1. The molecule has 6 heteroatoms. The normalized spacial score (nSPS) is 10.3. The Bertz CT molecular complexity index is 775. The van der Waals surface area contributed by atoms with Gasteiger partial charge in [0.15, 0.2) is 5.78 Å². The van der Waals surface area contributed by atoms with Gasteiger partial charge in [-0.3, -0.25) is 9.59 Å². The number of benzene rings is 2. The van der Waals surface area contributed by atoms with E-state index in [9.17, 15) is 18.4 Å². The molecule has 0 atom stereocenters. The van der Waals surface area contributed by atoms with Gasteiger partial charge in [0.1, 0.15) is 17.4 Å². The fraction of sp³-hybridized carbons (Fsp3) is 0.222. The third kappa shape index (κ3) is 4.38. The van der Waals surface area contributed by atoms with Crippen LogP contribution in [0.25, 0.3) is 0 Å². The lowest BCUT2D eigenvalue weighted by molar-refractivity contribution is -0.116. The molecule has 0 aliphatic heterocycles. The van der Waals surface area contributed by atoms with Gasteiger partial charge in [0, 0.05) is 18.9 Å². The first-order valence-electron chi connectivity index (χ1n) is 7.33. The predicted molar refractivity (Wildman–Crippen MR) is 86.3 cm³/mol. The number of rotatable bonds is 6. The van der Waals surface area contributed by atoms with Gasteiger partial charge in [0.05, 0.1) is 18.4 Å². The van der Waals surface area contributed by atoms with Gasteiger partial charge >= 0.3 is 0 Å². The van der Waals surface area contributed by atoms with Crippen molar-refractivity contribution in [2.45, 2.75) is 19.8 Å². The highest BCUT2D eigenvalue weighted by Crippen LogP contribution is 2.22. The van der Waals surface area contributed by atoms with Crippen LogP contribution in [0.2, 0.25) is 0 Å². The number of carbonyl (C=O) groups excluding carboxylic acids is 2. The van der Waals surface area contributed by atoms with Crippen molar-refractivity contribution >= 4 is 17.4 Å². The largest absolute Gasteiger partial charge is 0.496 e. The topological polar surface area (TPSA) is 55.4 Å². The molecule has 0 heterocycles. The molecule has 2 rings (SSSR count). The van der Waals surface area contributed by atoms with E-state index in [-0.39, 0.29) is 24.3 Å². The maximum atomic E-state index is 13.5. The molecule has 2 aromatic rings. The van der Waals surface area contributed by atoms with E-state index < -0.39 is 17.5 Å². The number of anilines is 1. The van der Waals surface area contributed by atoms with Crippen LogP contribution in [-0.4, -0.2) is 18.8 Å². The van der Waals surface area contributed by atoms with Crippen LogP contribution in [-0.2, 0) is 4.79 Å². The van der Waals surface area contributed by atoms with E-state index >= 15 is 0 Å². The second-order valence-corrected chi connectivity index (χ2v) is 5.30. The summed E-state index contributed by atoms with van der Waals surface area (Å²) in [6.07, 6.45) is -0.165. The van der Waals surface area contributed by atoms with Crippen molar-refractivity contribution in [2.75, 3.05) is 12.4 Å². The number of halogens is 2. The summed E-state index contributed by atoms with van der Waals surface area (Å²) >= 11 is 0. The summed E-state index contributed by atoms with van der Waals surface area (Å²) in [6.45, 7) is 1.85. The zero-order valence-corrected chi connectivity index (χ0v) is 13.4. The molecule has 0 saturated heterocycles. The van der Waals surface area contributed by atoms with Crippen LogP contribution in [0.3, 0.4) is 0 Å². The van der Waals surface area contributed by atoms with Gasteiger partial charge in [-0.25, -0.2) is 8.78 Å². The molecule has 24 heavy (non-hydrogen) atoms. The van der Waals surface area contributed by atoms with E-state index in [4.69, 9.17) is 4.74 Å². The molecule has 0 fully saturated rings. The van der Waals surface area contributed by atoms with E-state index in [0.717, 1.165) is 17.7 Å². The second kappa shape index (κ2) is 7.68. The van der Waals surface area contributed by atoms with Gasteiger partial charge in [-0.2, -0.15) is 0 Å². The molecule has 0 spiro atoms. The Labute approximate surface area is 138 Å². The summed E-state index contributed by atoms with van der Waals surface area (Å²) in [5.74, 6) is -1.93. The fourth-order valence-corrected chi connectivity index (χ4v) is 2.21. The molecule has 0 bridgehead atoms. The third-order valence-electron chi connectivity index (χ3n) is 3.44. The highest BCUT2D eigenvalue weighted by molar-refractivity contribution is 6.01. The van der Waals surface area contributed by atoms with Gasteiger partial charge in [-0.1, -0.05) is 11.6 Å². The Kier molecular flexibility index (Phi) is 5.63. The summed E-state index contributed by atoms with van der Waals surface area (Å²) in [7, 11) is 1.46. The van der Waals surface area contributed by atoms with Crippen LogP contribution in [0.4, 0.5) is 14.5 Å². The zero-order valence-electron chi connectivity index (χ0n) is 13.4. The molecule has 0 aromatic heterocycles. The number of ether oxygens (including phenoxy) is 1. The molecule has 0 saturated carbocycles. The van der Waals surface area contributed by atoms with Crippen molar-refractivity contribution < 1.29 is 23.1 Å². The van der Waals surface area contributed by atoms with Crippen LogP contribution in [0, 0.1) is 18.6 Å². The minimum Gasteiger partial charge on any atom is -0.496 e. The molecule has 4 nitrogen and oxygen atoms in total. The summed E-state index contributed by atoms with van der Waals surface area (Å²) in [5, 5.41) is 2.32. The van der Waals surface area contributed by atoms with Gasteiger partial charge in [-0.05, 0) is 31.2 Å². The van der Waals surface area contributed by atoms with E-state index in [1.165, 1.54) is 7.11 Å². The van der Waals surface area contributed by atoms with E-state index in [1.54, 1.807) is 12.1 Å². The highest BCUT2D eigenvalue weighted by atomic mass is 19.1. The molecule has 1 amide bonds. The third-order valence-corrected chi connectivity index (χ3v) is 3.44. The van der Waals surface area contributed by atoms with E-state index in [1.807, 2.05) is 13.0 Å². The van der Waals surface area contributed by atoms with Gasteiger partial charge < -0.3 is 10.1 Å². The van der Waals surface area contributed by atoms with Crippen molar-refractivity contribution in [3.8, 4) is 5.75 Å². The number of methoxy groups -OCH3 is 1. The lowest BCUT2D eigenvalue weighted by atomic mass is 10.0. The number of carbonyl (C=O) groups is 2. The summed E-state index contributed by atoms with van der Waals surface area (Å²) in [5.41, 5.74) is 1.18. The molecule has 0 radical (unpaired) electrons. The van der Waals surface area contributed by atoms with E-state index in [2.05, 4.69) is 5.32 Å². The summed E-state index contributed by atoms with van der Waals surface area (Å²) in [4.78, 5) is 24.1. The Morgan fingerprint density at radius 1 is 1.08 bits per heavy atom. The first-order valence-corrected chi connectivity index (χ1v) is 7.33.